The molecule has 0 aromatic heterocycles. The molecule has 0 aliphatic carbocycles. The van der Waals surface area contributed by atoms with Crippen LogP contribution in [0.1, 0.15) is 239 Å². The van der Waals surface area contributed by atoms with E-state index in [4.69, 9.17) is 0 Å². The smallest absolute Gasteiger partial charge is 0.101 e. The molecule has 0 saturated carbocycles. The van der Waals surface area contributed by atoms with Gasteiger partial charge >= 0.3 is 0 Å². The highest BCUT2D eigenvalue weighted by Gasteiger charge is 2.24. The van der Waals surface area contributed by atoms with Crippen LogP contribution in [0.2, 0.25) is 0 Å². The van der Waals surface area contributed by atoms with E-state index in [1.54, 1.807) is 0 Å². The molecular weight excluding hydrogens is 532 g/mol. The van der Waals surface area contributed by atoms with E-state index in [0.29, 0.717) is 6.17 Å². The molecule has 0 amide bonds. The van der Waals surface area contributed by atoms with Crippen LogP contribution in [0.5, 0.6) is 0 Å². The molecule has 0 fully saturated rings. The molecule has 1 heterocycles. The van der Waals surface area contributed by atoms with E-state index in [1.807, 2.05) is 0 Å². The third-order valence-corrected chi connectivity index (χ3v) is 10.3. The minimum Gasteiger partial charge on any atom is -0.356 e. The summed E-state index contributed by atoms with van der Waals surface area (Å²) in [6.07, 6.45) is 54.6. The molecule has 2 heteroatoms. The molecule has 0 aromatic carbocycles. The van der Waals surface area contributed by atoms with Gasteiger partial charge in [-0.2, -0.15) is 0 Å². The van der Waals surface area contributed by atoms with Crippen LogP contribution in [0, 0.1) is 0 Å². The zero-order chi connectivity index (χ0) is 31.6. The molecule has 0 saturated heterocycles. The summed E-state index contributed by atoms with van der Waals surface area (Å²) in [6.45, 7) is 9.43. The lowest BCUT2D eigenvalue weighted by atomic mass is 10.0. The van der Waals surface area contributed by atoms with Gasteiger partial charge in [-0.1, -0.05) is 213 Å². The lowest BCUT2D eigenvalue weighted by molar-refractivity contribution is 0.137. The molecule has 1 aliphatic heterocycles. The van der Waals surface area contributed by atoms with Crippen LogP contribution in [-0.2, 0) is 0 Å². The third kappa shape index (κ3) is 25.5. The average Bonchev–Trinajstić information content (AvgIpc) is 3.41. The fraction of sp³-hybridized carbons (Fsp3) is 0.952. The Bertz CT molecular complexity index is 572. The Morgan fingerprint density at radius 2 is 0.568 bits per heavy atom. The summed E-state index contributed by atoms with van der Waals surface area (Å²) < 4.78 is 0. The predicted octanol–water partition coefficient (Wildman–Crippen LogP) is 14.7. The molecule has 1 rings (SSSR count). The topological polar surface area (TPSA) is 6.48 Å². The van der Waals surface area contributed by atoms with E-state index in [1.165, 1.54) is 231 Å². The molecule has 0 radical (unpaired) electrons. The van der Waals surface area contributed by atoms with Gasteiger partial charge in [-0.15, -0.1) is 0 Å². The molecule has 0 bridgehead atoms. The monoisotopic (exact) mass is 617 g/mol. The van der Waals surface area contributed by atoms with E-state index < -0.39 is 0 Å². The lowest BCUT2D eigenvalue weighted by Crippen LogP contribution is -2.39. The van der Waals surface area contributed by atoms with E-state index in [9.17, 15) is 0 Å². The minimum atomic E-state index is 0.637. The fourth-order valence-corrected chi connectivity index (χ4v) is 7.31. The second-order valence-electron chi connectivity index (χ2n) is 14.6. The van der Waals surface area contributed by atoms with Crippen LogP contribution in [0.15, 0.2) is 12.4 Å². The highest BCUT2D eigenvalue weighted by molar-refractivity contribution is 4.96. The number of unbranched alkanes of at least 4 members (excludes halogenated alkanes) is 30. The van der Waals surface area contributed by atoms with Crippen LogP contribution >= 0.6 is 0 Å². The van der Waals surface area contributed by atoms with Gasteiger partial charge in [0.2, 0.25) is 0 Å². The lowest BCUT2D eigenvalue weighted by Gasteiger charge is -2.33. The van der Waals surface area contributed by atoms with Gasteiger partial charge in [0.05, 0.1) is 0 Å². The van der Waals surface area contributed by atoms with Gasteiger partial charge in [0, 0.05) is 25.5 Å². The first kappa shape index (κ1) is 41.4. The summed E-state index contributed by atoms with van der Waals surface area (Å²) in [5, 5.41) is 0. The average molecular weight is 617 g/mol. The molecular formula is C42H84N2. The van der Waals surface area contributed by atoms with Crippen molar-refractivity contribution in [1.82, 2.24) is 9.80 Å². The molecule has 0 spiro atoms. The van der Waals surface area contributed by atoms with E-state index in [2.05, 4.69) is 43.0 Å². The van der Waals surface area contributed by atoms with Crippen molar-refractivity contribution in [3.05, 3.63) is 12.4 Å². The Balaban J connectivity index is 1.95. The standard InChI is InChI=1S/C42H84N2/c1-4-7-9-11-13-15-17-19-21-23-25-27-29-31-33-35-37-42-43(38-6-3)40-41-44(42)39-36-34-32-30-28-26-24-22-20-18-16-14-12-10-8-5-2/h40-42H,4-39H2,1-3H3. The minimum absolute atomic E-state index is 0.637. The zero-order valence-corrected chi connectivity index (χ0v) is 31.1. The van der Waals surface area contributed by atoms with Crippen molar-refractivity contribution in [1.29, 1.82) is 0 Å². The van der Waals surface area contributed by atoms with Crippen molar-refractivity contribution in [2.45, 2.75) is 245 Å². The summed E-state index contributed by atoms with van der Waals surface area (Å²) in [5.74, 6) is 0. The summed E-state index contributed by atoms with van der Waals surface area (Å²) in [7, 11) is 0. The van der Waals surface area contributed by atoms with Crippen molar-refractivity contribution in [3.8, 4) is 0 Å². The summed E-state index contributed by atoms with van der Waals surface area (Å²) in [6, 6.07) is 0. The predicted molar refractivity (Wildman–Crippen MR) is 200 cm³/mol. The van der Waals surface area contributed by atoms with Crippen molar-refractivity contribution >= 4 is 0 Å². The molecule has 1 aliphatic rings. The number of rotatable bonds is 36. The van der Waals surface area contributed by atoms with Crippen LogP contribution in [0.4, 0.5) is 0 Å². The number of nitrogens with zero attached hydrogens (tertiary/aromatic N) is 2. The van der Waals surface area contributed by atoms with E-state index in [0.717, 1.165) is 0 Å². The first-order valence-electron chi connectivity index (χ1n) is 21.0. The maximum absolute atomic E-state index is 2.69. The van der Waals surface area contributed by atoms with Crippen LogP contribution in [0.25, 0.3) is 0 Å². The quantitative estimate of drug-likeness (QED) is 0.0646. The van der Waals surface area contributed by atoms with Crippen LogP contribution in [-0.4, -0.2) is 29.1 Å². The van der Waals surface area contributed by atoms with Crippen LogP contribution in [0.3, 0.4) is 0 Å². The summed E-state index contributed by atoms with van der Waals surface area (Å²) in [5.41, 5.74) is 0. The number of hydrogen-bond donors (Lipinski definition) is 0. The van der Waals surface area contributed by atoms with Gasteiger partial charge in [0.15, 0.2) is 0 Å². The zero-order valence-electron chi connectivity index (χ0n) is 31.1. The Morgan fingerprint density at radius 3 is 0.886 bits per heavy atom. The van der Waals surface area contributed by atoms with Crippen molar-refractivity contribution in [2.24, 2.45) is 0 Å². The van der Waals surface area contributed by atoms with Gasteiger partial charge in [-0.25, -0.2) is 0 Å². The molecule has 1 unspecified atom stereocenters. The van der Waals surface area contributed by atoms with Crippen molar-refractivity contribution in [3.63, 3.8) is 0 Å². The second kappa shape index (κ2) is 33.7. The van der Waals surface area contributed by atoms with Gasteiger partial charge in [0.1, 0.15) is 6.17 Å². The van der Waals surface area contributed by atoms with Gasteiger partial charge in [-0.05, 0) is 25.7 Å². The van der Waals surface area contributed by atoms with Crippen molar-refractivity contribution in [2.75, 3.05) is 13.1 Å². The summed E-state index contributed by atoms with van der Waals surface area (Å²) >= 11 is 0. The molecule has 262 valence electrons. The molecule has 0 aromatic rings. The van der Waals surface area contributed by atoms with Gasteiger partial charge in [-0.3, -0.25) is 0 Å². The Morgan fingerprint density at radius 1 is 0.295 bits per heavy atom. The second-order valence-corrected chi connectivity index (χ2v) is 14.6. The SMILES string of the molecule is CCCCCCCCCCCCCCCCCCC1N(CCC)C=CN1CCCCCCCCCCCCCCCCCC. The highest BCUT2D eigenvalue weighted by atomic mass is 15.4. The maximum atomic E-state index is 2.69. The largest absolute Gasteiger partial charge is 0.356 e. The first-order valence-corrected chi connectivity index (χ1v) is 21.0. The molecule has 0 N–H and O–H groups in total. The fourth-order valence-electron chi connectivity index (χ4n) is 7.31. The number of hydrogen-bond acceptors (Lipinski definition) is 2. The van der Waals surface area contributed by atoms with Crippen molar-refractivity contribution < 1.29 is 0 Å². The maximum Gasteiger partial charge on any atom is 0.101 e. The molecule has 1 atom stereocenters. The Kier molecular flexibility index (Phi) is 31.7. The molecule has 2 nitrogen and oxygen atoms in total. The van der Waals surface area contributed by atoms with Gasteiger partial charge in [0.25, 0.3) is 0 Å². The Hall–Kier alpha value is -0.660. The first-order chi connectivity index (χ1) is 21.8. The van der Waals surface area contributed by atoms with E-state index >= 15 is 0 Å². The van der Waals surface area contributed by atoms with Crippen LogP contribution < -0.4 is 0 Å². The van der Waals surface area contributed by atoms with Gasteiger partial charge < -0.3 is 9.80 Å². The normalized spacial score (nSPS) is 14.8. The third-order valence-electron chi connectivity index (χ3n) is 10.3. The molecule has 44 heavy (non-hydrogen) atoms. The highest BCUT2D eigenvalue weighted by Crippen LogP contribution is 2.23. The summed E-state index contributed by atoms with van der Waals surface area (Å²) in [4.78, 5) is 5.32. The van der Waals surface area contributed by atoms with E-state index in [-0.39, 0.29) is 0 Å². The Labute approximate surface area is 280 Å².